The molecule has 0 radical (unpaired) electrons. The van der Waals surface area contributed by atoms with Gasteiger partial charge in [-0.05, 0) is 38.8 Å². The molecule has 0 aliphatic carbocycles. The second-order valence-electron chi connectivity index (χ2n) is 4.47. The van der Waals surface area contributed by atoms with Crippen molar-refractivity contribution in [1.82, 2.24) is 10.3 Å². The van der Waals surface area contributed by atoms with Gasteiger partial charge >= 0.3 is 0 Å². The predicted octanol–water partition coefficient (Wildman–Crippen LogP) is 2.65. The first-order chi connectivity index (χ1) is 9.35. The van der Waals surface area contributed by atoms with Crippen molar-refractivity contribution in [2.75, 3.05) is 11.8 Å². The normalized spacial score (nSPS) is 11.8. The lowest BCUT2D eigenvalue weighted by atomic mass is 10.3. The van der Waals surface area contributed by atoms with Gasteiger partial charge in [0.1, 0.15) is 4.90 Å². The molecule has 0 bridgehead atoms. The largest absolute Gasteiger partial charge is 0.315 e. The second kappa shape index (κ2) is 5.80. The van der Waals surface area contributed by atoms with Gasteiger partial charge in [0.25, 0.3) is 10.0 Å². The lowest BCUT2D eigenvalue weighted by molar-refractivity contribution is 0.599. The Hall–Kier alpha value is -0.960. The molecular weight excluding hydrogens is 314 g/mol. The van der Waals surface area contributed by atoms with Gasteiger partial charge in [-0.15, -0.1) is 22.7 Å². The van der Waals surface area contributed by atoms with Crippen molar-refractivity contribution in [2.24, 2.45) is 0 Å². The molecule has 2 aromatic rings. The van der Waals surface area contributed by atoms with E-state index in [0.29, 0.717) is 16.6 Å². The predicted molar refractivity (Wildman–Crippen MR) is 84.2 cm³/mol. The molecule has 0 aliphatic rings. The van der Waals surface area contributed by atoms with Crippen LogP contribution in [0.2, 0.25) is 0 Å². The summed E-state index contributed by atoms with van der Waals surface area (Å²) in [6.07, 6.45) is 0. The van der Waals surface area contributed by atoms with E-state index in [2.05, 4.69) is 15.0 Å². The third kappa shape index (κ3) is 3.03. The number of thiazole rings is 1. The summed E-state index contributed by atoms with van der Waals surface area (Å²) in [4.78, 5) is 6.41. The highest BCUT2D eigenvalue weighted by Gasteiger charge is 2.24. The van der Waals surface area contributed by atoms with E-state index in [1.807, 2.05) is 26.2 Å². The molecular formula is C12H17N3O2S3. The molecule has 0 spiro atoms. The Morgan fingerprint density at radius 2 is 2.00 bits per heavy atom. The van der Waals surface area contributed by atoms with Crippen LogP contribution in [0.4, 0.5) is 5.13 Å². The average molecular weight is 331 g/mol. The molecule has 0 aromatic carbocycles. The standard InChI is InChI=1S/C12H17N3O2S3/c1-7-6-18-10(5-13-4)11(7)20(16,17)15-12-14-8(2)9(3)19-12/h6,13H,5H2,1-4H3,(H,14,15). The van der Waals surface area contributed by atoms with Crippen LogP contribution in [0.15, 0.2) is 10.3 Å². The van der Waals surface area contributed by atoms with Crippen molar-refractivity contribution in [1.29, 1.82) is 0 Å². The number of hydrogen-bond acceptors (Lipinski definition) is 6. The number of thiophene rings is 1. The number of aromatic nitrogens is 1. The van der Waals surface area contributed by atoms with Gasteiger partial charge < -0.3 is 5.32 Å². The van der Waals surface area contributed by atoms with E-state index in [1.165, 1.54) is 22.7 Å². The highest BCUT2D eigenvalue weighted by atomic mass is 32.2. The highest BCUT2D eigenvalue weighted by molar-refractivity contribution is 7.93. The Balaban J connectivity index is 2.37. The van der Waals surface area contributed by atoms with Crippen LogP contribution in [0.1, 0.15) is 21.0 Å². The number of nitrogens with zero attached hydrogens (tertiary/aromatic N) is 1. The van der Waals surface area contributed by atoms with E-state index in [4.69, 9.17) is 0 Å². The summed E-state index contributed by atoms with van der Waals surface area (Å²) in [5, 5.41) is 5.27. The quantitative estimate of drug-likeness (QED) is 0.883. The fourth-order valence-electron chi connectivity index (χ4n) is 1.81. The van der Waals surface area contributed by atoms with Crippen LogP contribution in [0.3, 0.4) is 0 Å². The van der Waals surface area contributed by atoms with E-state index >= 15 is 0 Å². The minimum atomic E-state index is -3.59. The van der Waals surface area contributed by atoms with E-state index in [1.54, 1.807) is 7.05 Å². The molecule has 0 aliphatic heterocycles. The zero-order chi connectivity index (χ0) is 14.9. The molecule has 2 N–H and O–H groups in total. The van der Waals surface area contributed by atoms with Gasteiger partial charge in [-0.3, -0.25) is 4.72 Å². The van der Waals surface area contributed by atoms with Gasteiger partial charge in [0, 0.05) is 16.3 Å². The van der Waals surface area contributed by atoms with Crippen molar-refractivity contribution < 1.29 is 8.42 Å². The summed E-state index contributed by atoms with van der Waals surface area (Å²) in [7, 11) is -1.79. The summed E-state index contributed by atoms with van der Waals surface area (Å²) in [5.74, 6) is 0. The smallest absolute Gasteiger partial charge is 0.265 e. The third-order valence-electron chi connectivity index (χ3n) is 2.85. The molecule has 2 aromatic heterocycles. The number of nitrogens with one attached hydrogen (secondary N) is 2. The second-order valence-corrected chi connectivity index (χ2v) is 8.25. The van der Waals surface area contributed by atoms with Gasteiger partial charge in [-0.25, -0.2) is 13.4 Å². The number of rotatable bonds is 5. The first-order valence-corrected chi connectivity index (χ1v) is 9.21. The molecule has 0 amide bonds. The minimum absolute atomic E-state index is 0.363. The Labute approximate surface area is 127 Å². The zero-order valence-electron chi connectivity index (χ0n) is 11.8. The van der Waals surface area contributed by atoms with Crippen molar-refractivity contribution in [2.45, 2.75) is 32.2 Å². The lowest BCUT2D eigenvalue weighted by Crippen LogP contribution is -2.16. The van der Waals surface area contributed by atoms with Gasteiger partial charge in [0.05, 0.1) is 5.69 Å². The van der Waals surface area contributed by atoms with Crippen LogP contribution in [0.25, 0.3) is 0 Å². The summed E-state index contributed by atoms with van der Waals surface area (Å²) in [5.41, 5.74) is 1.61. The molecule has 0 saturated heterocycles. The van der Waals surface area contributed by atoms with Crippen molar-refractivity contribution in [3.8, 4) is 0 Å². The molecule has 2 heterocycles. The Bertz CT molecular complexity index is 697. The highest BCUT2D eigenvalue weighted by Crippen LogP contribution is 2.30. The fourth-order valence-corrected chi connectivity index (χ4v) is 5.69. The third-order valence-corrected chi connectivity index (χ3v) is 6.76. The molecule has 8 heteroatoms. The minimum Gasteiger partial charge on any atom is -0.315 e. The summed E-state index contributed by atoms with van der Waals surface area (Å²) in [6.45, 7) is 6.13. The van der Waals surface area contributed by atoms with Crippen LogP contribution in [0, 0.1) is 20.8 Å². The maximum absolute atomic E-state index is 12.5. The zero-order valence-corrected chi connectivity index (χ0v) is 14.2. The van der Waals surface area contributed by atoms with Gasteiger partial charge in [-0.1, -0.05) is 0 Å². The first kappa shape index (κ1) is 15.4. The Kier molecular flexibility index (Phi) is 4.48. The monoisotopic (exact) mass is 331 g/mol. The number of sulfonamides is 1. The molecule has 20 heavy (non-hydrogen) atoms. The van der Waals surface area contributed by atoms with Gasteiger partial charge in [0.2, 0.25) is 0 Å². The van der Waals surface area contributed by atoms with Crippen LogP contribution in [0.5, 0.6) is 0 Å². The van der Waals surface area contributed by atoms with Crippen LogP contribution >= 0.6 is 22.7 Å². The van der Waals surface area contributed by atoms with E-state index in [9.17, 15) is 8.42 Å². The Morgan fingerprint density at radius 3 is 2.55 bits per heavy atom. The molecule has 0 fully saturated rings. The van der Waals surface area contributed by atoms with E-state index in [0.717, 1.165) is 21.0 Å². The molecule has 0 atom stereocenters. The number of anilines is 1. The summed E-state index contributed by atoms with van der Waals surface area (Å²) >= 11 is 2.80. The topological polar surface area (TPSA) is 71.1 Å². The van der Waals surface area contributed by atoms with E-state index in [-0.39, 0.29) is 0 Å². The molecule has 0 unspecified atom stereocenters. The SMILES string of the molecule is CNCc1scc(C)c1S(=O)(=O)Nc1nc(C)c(C)s1. The summed E-state index contributed by atoms with van der Waals surface area (Å²) < 4.78 is 27.6. The van der Waals surface area contributed by atoms with E-state index < -0.39 is 10.0 Å². The van der Waals surface area contributed by atoms with Gasteiger partial charge in [-0.2, -0.15) is 0 Å². The average Bonchev–Trinajstić information content (AvgIpc) is 2.84. The summed E-state index contributed by atoms with van der Waals surface area (Å²) in [6, 6.07) is 0. The van der Waals surface area contributed by atoms with Crippen molar-refractivity contribution in [3.05, 3.63) is 26.4 Å². The molecule has 2 rings (SSSR count). The molecule has 5 nitrogen and oxygen atoms in total. The lowest BCUT2D eigenvalue weighted by Gasteiger charge is -2.07. The van der Waals surface area contributed by atoms with Crippen LogP contribution in [-0.2, 0) is 16.6 Å². The Morgan fingerprint density at radius 1 is 1.30 bits per heavy atom. The van der Waals surface area contributed by atoms with Crippen molar-refractivity contribution >= 4 is 37.8 Å². The van der Waals surface area contributed by atoms with Crippen LogP contribution < -0.4 is 10.0 Å². The maximum atomic E-state index is 12.5. The maximum Gasteiger partial charge on any atom is 0.265 e. The number of hydrogen-bond donors (Lipinski definition) is 2. The van der Waals surface area contributed by atoms with Gasteiger partial charge in [0.15, 0.2) is 5.13 Å². The fraction of sp³-hybridized carbons (Fsp3) is 0.417. The molecule has 0 saturated carbocycles. The van der Waals surface area contributed by atoms with Crippen LogP contribution in [-0.4, -0.2) is 20.4 Å². The molecule has 110 valence electrons. The first-order valence-electron chi connectivity index (χ1n) is 6.03. The number of aryl methyl sites for hydroxylation is 3. The van der Waals surface area contributed by atoms with Crippen molar-refractivity contribution in [3.63, 3.8) is 0 Å².